The van der Waals surface area contributed by atoms with E-state index in [2.05, 4.69) is 5.32 Å². The lowest BCUT2D eigenvalue weighted by molar-refractivity contribution is -0.139. The molecule has 0 heterocycles. The predicted molar refractivity (Wildman–Crippen MR) is 137 cm³/mol. The van der Waals surface area contributed by atoms with Gasteiger partial charge in [0.25, 0.3) is 10.0 Å². The number of halogens is 1. The predicted octanol–water partition coefficient (Wildman–Crippen LogP) is 3.88. The Bertz CT molecular complexity index is 1320. The molecule has 3 rings (SSSR count). The molecule has 36 heavy (non-hydrogen) atoms. The van der Waals surface area contributed by atoms with E-state index in [1.165, 1.54) is 42.2 Å². The Morgan fingerprint density at radius 1 is 0.972 bits per heavy atom. The monoisotopic (exact) mass is 511 g/mol. The minimum Gasteiger partial charge on any atom is -0.355 e. The number of hydrogen-bond acceptors (Lipinski definition) is 4. The molecule has 7 nitrogen and oxygen atoms in total. The SMILES string of the molecule is CCNC(=O)[C@H](C)N(Cc1ccccc1F)C(=O)CN(c1cccc(C)c1)S(=O)(=O)c1ccccc1. The van der Waals surface area contributed by atoms with Crippen LogP contribution >= 0.6 is 0 Å². The minimum atomic E-state index is -4.13. The summed E-state index contributed by atoms with van der Waals surface area (Å²) in [7, 11) is -4.13. The van der Waals surface area contributed by atoms with Crippen molar-refractivity contribution in [3.05, 3.63) is 95.8 Å². The van der Waals surface area contributed by atoms with Crippen LogP contribution in [0.1, 0.15) is 25.0 Å². The molecule has 0 bridgehead atoms. The molecule has 0 saturated carbocycles. The highest BCUT2D eigenvalue weighted by Crippen LogP contribution is 2.25. The number of nitrogens with one attached hydrogen (secondary N) is 1. The minimum absolute atomic E-state index is 0.0248. The molecule has 0 radical (unpaired) electrons. The third-order valence-electron chi connectivity index (χ3n) is 5.72. The quantitative estimate of drug-likeness (QED) is 0.448. The molecule has 2 amide bonds. The van der Waals surface area contributed by atoms with Gasteiger partial charge in [-0.1, -0.05) is 48.5 Å². The molecule has 0 unspecified atom stereocenters. The van der Waals surface area contributed by atoms with Gasteiger partial charge in [-0.25, -0.2) is 12.8 Å². The fourth-order valence-corrected chi connectivity index (χ4v) is 5.17. The molecule has 0 aromatic heterocycles. The molecule has 0 aliphatic rings. The van der Waals surface area contributed by atoms with Crippen molar-refractivity contribution in [1.29, 1.82) is 0 Å². The maximum absolute atomic E-state index is 14.5. The van der Waals surface area contributed by atoms with Crippen LogP contribution < -0.4 is 9.62 Å². The van der Waals surface area contributed by atoms with Crippen molar-refractivity contribution < 1.29 is 22.4 Å². The van der Waals surface area contributed by atoms with E-state index in [4.69, 9.17) is 0 Å². The molecule has 0 saturated heterocycles. The maximum atomic E-state index is 14.5. The number of nitrogens with zero attached hydrogens (tertiary/aromatic N) is 2. The van der Waals surface area contributed by atoms with Crippen molar-refractivity contribution in [2.75, 3.05) is 17.4 Å². The van der Waals surface area contributed by atoms with Crippen LogP contribution in [0.3, 0.4) is 0 Å². The van der Waals surface area contributed by atoms with Crippen molar-refractivity contribution in [2.45, 2.75) is 38.3 Å². The zero-order valence-electron chi connectivity index (χ0n) is 20.5. The van der Waals surface area contributed by atoms with Crippen molar-refractivity contribution in [3.63, 3.8) is 0 Å². The van der Waals surface area contributed by atoms with Crippen LogP contribution in [0.15, 0.2) is 83.8 Å². The molecule has 190 valence electrons. The number of likely N-dealkylation sites (N-methyl/N-ethyl adjacent to an activating group) is 1. The highest BCUT2D eigenvalue weighted by atomic mass is 32.2. The number of carbonyl (C=O) groups is 2. The molecule has 0 aliphatic heterocycles. The number of benzene rings is 3. The lowest BCUT2D eigenvalue weighted by atomic mass is 10.1. The first-order valence-corrected chi connectivity index (χ1v) is 13.0. The van der Waals surface area contributed by atoms with Crippen LogP contribution in [0.4, 0.5) is 10.1 Å². The summed E-state index contributed by atoms with van der Waals surface area (Å²) >= 11 is 0. The van der Waals surface area contributed by atoms with Crippen LogP contribution in [0, 0.1) is 12.7 Å². The number of carbonyl (C=O) groups excluding carboxylic acids is 2. The molecular weight excluding hydrogens is 481 g/mol. The second kappa shape index (κ2) is 11.8. The Morgan fingerprint density at radius 2 is 1.64 bits per heavy atom. The standard InChI is InChI=1S/C27H30FN3O4S/c1-4-29-27(33)21(3)30(18-22-12-8-9-16-25(22)28)26(32)19-31(23-13-10-11-20(2)17-23)36(34,35)24-14-6-5-7-15-24/h5-17,21H,4,18-19H2,1-3H3,(H,29,33)/t21-/m0/s1. The molecule has 1 N–H and O–H groups in total. The fraction of sp³-hybridized carbons (Fsp3) is 0.259. The van der Waals surface area contributed by atoms with Gasteiger partial charge in [-0.2, -0.15) is 0 Å². The smallest absolute Gasteiger partial charge is 0.264 e. The van der Waals surface area contributed by atoms with E-state index in [0.717, 1.165) is 9.87 Å². The molecule has 3 aromatic carbocycles. The average Bonchev–Trinajstić information content (AvgIpc) is 2.86. The lowest BCUT2D eigenvalue weighted by Gasteiger charge is -2.32. The number of hydrogen-bond donors (Lipinski definition) is 1. The van der Waals surface area contributed by atoms with E-state index in [-0.39, 0.29) is 17.0 Å². The zero-order chi connectivity index (χ0) is 26.3. The summed E-state index contributed by atoms with van der Waals surface area (Å²) in [6, 6.07) is 19.6. The van der Waals surface area contributed by atoms with Crippen LogP contribution in [-0.2, 0) is 26.2 Å². The van der Waals surface area contributed by atoms with Gasteiger partial charge in [0.05, 0.1) is 10.6 Å². The average molecular weight is 512 g/mol. The third-order valence-corrected chi connectivity index (χ3v) is 7.50. The summed E-state index contributed by atoms with van der Waals surface area (Å²) in [5, 5.41) is 2.67. The Kier molecular flexibility index (Phi) is 8.82. The van der Waals surface area contributed by atoms with E-state index in [1.54, 1.807) is 49.4 Å². The molecule has 3 aromatic rings. The first-order chi connectivity index (χ1) is 17.1. The number of amides is 2. The normalized spacial score (nSPS) is 12.0. The molecule has 0 spiro atoms. The summed E-state index contributed by atoms with van der Waals surface area (Å²) in [5.41, 5.74) is 1.34. The van der Waals surface area contributed by atoms with Crippen molar-refractivity contribution in [1.82, 2.24) is 10.2 Å². The largest absolute Gasteiger partial charge is 0.355 e. The van der Waals surface area contributed by atoms with E-state index in [0.29, 0.717) is 12.2 Å². The van der Waals surface area contributed by atoms with Gasteiger partial charge in [-0.05, 0) is 56.7 Å². The Morgan fingerprint density at radius 3 is 2.28 bits per heavy atom. The van der Waals surface area contributed by atoms with Gasteiger partial charge in [-0.3, -0.25) is 13.9 Å². The number of anilines is 1. The third kappa shape index (κ3) is 6.28. The molecule has 0 aliphatic carbocycles. The first kappa shape index (κ1) is 26.9. The second-order valence-electron chi connectivity index (χ2n) is 8.35. The van der Waals surface area contributed by atoms with Crippen LogP contribution in [0.5, 0.6) is 0 Å². The number of rotatable bonds is 10. The van der Waals surface area contributed by atoms with Gasteiger partial charge in [0.15, 0.2) is 0 Å². The second-order valence-corrected chi connectivity index (χ2v) is 10.2. The molecule has 0 fully saturated rings. The van der Waals surface area contributed by atoms with E-state index < -0.39 is 40.2 Å². The number of sulfonamides is 1. The van der Waals surface area contributed by atoms with Gasteiger partial charge in [0.2, 0.25) is 11.8 Å². The van der Waals surface area contributed by atoms with Gasteiger partial charge in [-0.15, -0.1) is 0 Å². The summed E-state index contributed by atoms with van der Waals surface area (Å²) in [6.07, 6.45) is 0. The fourth-order valence-electron chi connectivity index (χ4n) is 3.75. The zero-order valence-corrected chi connectivity index (χ0v) is 21.3. The van der Waals surface area contributed by atoms with Gasteiger partial charge in [0.1, 0.15) is 18.4 Å². The Balaban J connectivity index is 2.03. The summed E-state index contributed by atoms with van der Waals surface area (Å²) < 4.78 is 42.8. The first-order valence-electron chi connectivity index (χ1n) is 11.6. The molecule has 9 heteroatoms. The van der Waals surface area contributed by atoms with E-state index in [9.17, 15) is 22.4 Å². The summed E-state index contributed by atoms with van der Waals surface area (Å²) in [6.45, 7) is 4.69. The van der Waals surface area contributed by atoms with Crippen molar-refractivity contribution >= 4 is 27.5 Å². The van der Waals surface area contributed by atoms with Crippen LogP contribution in [0.25, 0.3) is 0 Å². The van der Waals surface area contributed by atoms with E-state index >= 15 is 0 Å². The van der Waals surface area contributed by atoms with Gasteiger partial charge < -0.3 is 10.2 Å². The summed E-state index contributed by atoms with van der Waals surface area (Å²) in [4.78, 5) is 27.6. The lowest BCUT2D eigenvalue weighted by Crippen LogP contribution is -2.51. The van der Waals surface area contributed by atoms with Gasteiger partial charge in [0, 0.05) is 18.7 Å². The van der Waals surface area contributed by atoms with Crippen LogP contribution in [0.2, 0.25) is 0 Å². The molecule has 1 atom stereocenters. The van der Waals surface area contributed by atoms with Crippen LogP contribution in [-0.4, -0.2) is 44.3 Å². The maximum Gasteiger partial charge on any atom is 0.264 e. The van der Waals surface area contributed by atoms with E-state index in [1.807, 2.05) is 13.0 Å². The highest BCUT2D eigenvalue weighted by Gasteiger charge is 2.32. The van der Waals surface area contributed by atoms with Crippen molar-refractivity contribution in [3.8, 4) is 0 Å². The summed E-state index contributed by atoms with van der Waals surface area (Å²) in [5.74, 6) is -1.58. The Labute approximate surface area is 211 Å². The van der Waals surface area contributed by atoms with Gasteiger partial charge >= 0.3 is 0 Å². The molecular formula is C27H30FN3O4S. The Hall–Kier alpha value is -3.72. The number of aryl methyl sites for hydroxylation is 1. The highest BCUT2D eigenvalue weighted by molar-refractivity contribution is 7.92. The van der Waals surface area contributed by atoms with Crippen molar-refractivity contribution in [2.24, 2.45) is 0 Å². The topological polar surface area (TPSA) is 86.8 Å².